The molecule has 2 heterocycles. The van der Waals surface area contributed by atoms with Crippen LogP contribution in [0.25, 0.3) is 33.4 Å². The highest BCUT2D eigenvalue weighted by Crippen LogP contribution is 2.31. The van der Waals surface area contributed by atoms with Crippen molar-refractivity contribution in [2.24, 2.45) is 14.1 Å². The summed E-state index contributed by atoms with van der Waals surface area (Å²) in [6, 6.07) is 23.6. The van der Waals surface area contributed by atoms with Crippen molar-refractivity contribution in [3.8, 4) is 28.3 Å². The molecule has 0 unspecified atom stereocenters. The number of aromatic nitrogens is 3. The molecule has 2 aromatic heterocycles. The molecule has 6 heteroatoms. The highest BCUT2D eigenvalue weighted by Gasteiger charge is 2.13. The number of hydrogen-bond donors (Lipinski definition) is 0. The SMILES string of the molecule is CCOc1cccc(-c2cc(=O)n(C)c3ccc(Cc4cnc(-c5ccc(Cl)cc5)n4C)cc23)c1. The van der Waals surface area contributed by atoms with Gasteiger partial charge in [0.15, 0.2) is 0 Å². The second-order valence-corrected chi connectivity index (χ2v) is 9.02. The average molecular weight is 484 g/mol. The third-order valence-electron chi connectivity index (χ3n) is 6.34. The Morgan fingerprint density at radius 2 is 1.71 bits per heavy atom. The maximum atomic E-state index is 12.7. The van der Waals surface area contributed by atoms with Crippen LogP contribution in [0.2, 0.25) is 5.02 Å². The fourth-order valence-corrected chi connectivity index (χ4v) is 4.59. The van der Waals surface area contributed by atoms with Gasteiger partial charge in [0, 0.05) is 54.4 Å². The number of halogens is 1. The molecule has 0 atom stereocenters. The summed E-state index contributed by atoms with van der Waals surface area (Å²) < 4.78 is 9.50. The summed E-state index contributed by atoms with van der Waals surface area (Å²) in [7, 11) is 3.84. The second-order valence-electron chi connectivity index (χ2n) is 8.58. The van der Waals surface area contributed by atoms with E-state index in [9.17, 15) is 4.79 Å². The van der Waals surface area contributed by atoms with Gasteiger partial charge in [-0.05, 0) is 72.1 Å². The van der Waals surface area contributed by atoms with Crippen molar-refractivity contribution in [1.82, 2.24) is 14.1 Å². The third-order valence-corrected chi connectivity index (χ3v) is 6.59. The van der Waals surface area contributed by atoms with Gasteiger partial charge in [0.25, 0.3) is 5.56 Å². The summed E-state index contributed by atoms with van der Waals surface area (Å²) in [5, 5.41) is 1.73. The van der Waals surface area contributed by atoms with E-state index in [4.69, 9.17) is 16.3 Å². The van der Waals surface area contributed by atoms with E-state index in [2.05, 4.69) is 21.7 Å². The van der Waals surface area contributed by atoms with Crippen LogP contribution < -0.4 is 10.3 Å². The number of aryl methyl sites for hydroxylation is 1. The Labute approximate surface area is 209 Å². The van der Waals surface area contributed by atoms with E-state index in [0.29, 0.717) is 18.1 Å². The van der Waals surface area contributed by atoms with Crippen LogP contribution in [0.4, 0.5) is 0 Å². The fraction of sp³-hybridized carbons (Fsp3) is 0.172. The minimum absolute atomic E-state index is 0.0405. The normalized spacial score (nSPS) is 11.2. The molecule has 176 valence electrons. The summed E-state index contributed by atoms with van der Waals surface area (Å²) in [4.78, 5) is 17.4. The van der Waals surface area contributed by atoms with Gasteiger partial charge in [-0.1, -0.05) is 29.8 Å². The van der Waals surface area contributed by atoms with Gasteiger partial charge in [0.05, 0.1) is 12.1 Å². The molecule has 0 bridgehead atoms. The monoisotopic (exact) mass is 483 g/mol. The highest BCUT2D eigenvalue weighted by atomic mass is 35.5. The number of fused-ring (bicyclic) bond motifs is 1. The molecular weight excluding hydrogens is 458 g/mol. The van der Waals surface area contributed by atoms with Gasteiger partial charge in [0.2, 0.25) is 0 Å². The Balaban J connectivity index is 1.56. The number of ether oxygens (including phenoxy) is 1. The van der Waals surface area contributed by atoms with Crippen molar-refractivity contribution in [2.75, 3.05) is 6.61 Å². The lowest BCUT2D eigenvalue weighted by Gasteiger charge is -2.13. The standard InChI is InChI=1S/C29H26ClN3O2/c1-4-35-24-7-5-6-21(16-24)25-17-28(34)33(3)27-13-8-19(15-26(25)27)14-23-18-31-29(32(23)2)20-9-11-22(30)12-10-20/h5-13,15-18H,4,14H2,1-3H3. The molecule has 0 spiro atoms. The molecule has 35 heavy (non-hydrogen) atoms. The van der Waals surface area contributed by atoms with Crippen molar-refractivity contribution in [3.05, 3.63) is 106 Å². The topological polar surface area (TPSA) is 49.1 Å². The molecule has 0 saturated heterocycles. The van der Waals surface area contributed by atoms with E-state index in [-0.39, 0.29) is 5.56 Å². The first-order valence-electron chi connectivity index (χ1n) is 11.6. The van der Waals surface area contributed by atoms with Crippen molar-refractivity contribution in [3.63, 3.8) is 0 Å². The minimum atomic E-state index is -0.0405. The summed E-state index contributed by atoms with van der Waals surface area (Å²) in [6.07, 6.45) is 2.63. The minimum Gasteiger partial charge on any atom is -0.494 e. The zero-order chi connectivity index (χ0) is 24.5. The second kappa shape index (κ2) is 9.43. The van der Waals surface area contributed by atoms with Crippen molar-refractivity contribution >= 4 is 22.5 Å². The van der Waals surface area contributed by atoms with Gasteiger partial charge in [-0.15, -0.1) is 0 Å². The Hall–Kier alpha value is -3.83. The number of imidazole rings is 1. The number of benzene rings is 3. The molecule has 0 fully saturated rings. The number of hydrogen-bond acceptors (Lipinski definition) is 3. The lowest BCUT2D eigenvalue weighted by molar-refractivity contribution is 0.340. The predicted octanol–water partition coefficient (Wildman–Crippen LogP) is 6.25. The van der Waals surface area contributed by atoms with Gasteiger partial charge in [0.1, 0.15) is 11.6 Å². The largest absolute Gasteiger partial charge is 0.494 e. The number of pyridine rings is 1. The zero-order valence-corrected chi connectivity index (χ0v) is 20.7. The molecule has 0 N–H and O–H groups in total. The molecule has 0 aliphatic rings. The smallest absolute Gasteiger partial charge is 0.251 e. The molecular formula is C29H26ClN3O2. The molecule has 0 amide bonds. The summed E-state index contributed by atoms with van der Waals surface area (Å²) in [5.74, 6) is 1.69. The van der Waals surface area contributed by atoms with Crippen LogP contribution in [0.15, 0.2) is 83.8 Å². The van der Waals surface area contributed by atoms with Gasteiger partial charge < -0.3 is 13.9 Å². The van der Waals surface area contributed by atoms with Gasteiger partial charge in [-0.2, -0.15) is 0 Å². The first-order chi connectivity index (χ1) is 16.9. The van der Waals surface area contributed by atoms with E-state index in [1.165, 1.54) is 0 Å². The van der Waals surface area contributed by atoms with E-state index in [1.54, 1.807) is 10.6 Å². The average Bonchev–Trinajstić information content (AvgIpc) is 3.22. The van der Waals surface area contributed by atoms with Crippen molar-refractivity contribution in [1.29, 1.82) is 0 Å². The number of nitrogens with zero attached hydrogens (tertiary/aromatic N) is 3. The maximum absolute atomic E-state index is 12.7. The van der Waals surface area contributed by atoms with Crippen molar-refractivity contribution in [2.45, 2.75) is 13.3 Å². The van der Waals surface area contributed by atoms with Gasteiger partial charge >= 0.3 is 0 Å². The molecule has 5 nitrogen and oxygen atoms in total. The van der Waals surface area contributed by atoms with Crippen LogP contribution in [-0.2, 0) is 20.5 Å². The molecule has 0 radical (unpaired) electrons. The van der Waals surface area contributed by atoms with E-state index in [1.807, 2.05) is 81.8 Å². The predicted molar refractivity (Wildman–Crippen MR) is 142 cm³/mol. The van der Waals surface area contributed by atoms with Crippen LogP contribution in [0.3, 0.4) is 0 Å². The Morgan fingerprint density at radius 3 is 2.49 bits per heavy atom. The first kappa shape index (κ1) is 22.9. The van der Waals surface area contributed by atoms with E-state index in [0.717, 1.165) is 50.4 Å². The van der Waals surface area contributed by atoms with Crippen LogP contribution in [0, 0.1) is 0 Å². The molecule has 0 aliphatic heterocycles. The van der Waals surface area contributed by atoms with Crippen LogP contribution in [0.5, 0.6) is 5.75 Å². The molecule has 5 rings (SSSR count). The summed E-state index contributed by atoms with van der Waals surface area (Å²) in [5.41, 5.74) is 5.97. The van der Waals surface area contributed by atoms with Crippen molar-refractivity contribution < 1.29 is 4.74 Å². The quantitative estimate of drug-likeness (QED) is 0.287. The lowest BCUT2D eigenvalue weighted by Crippen LogP contribution is -2.16. The molecule has 0 saturated carbocycles. The summed E-state index contributed by atoms with van der Waals surface area (Å²) in [6.45, 7) is 2.55. The number of rotatable bonds is 6. The van der Waals surface area contributed by atoms with E-state index >= 15 is 0 Å². The summed E-state index contributed by atoms with van der Waals surface area (Å²) >= 11 is 6.05. The highest BCUT2D eigenvalue weighted by molar-refractivity contribution is 6.30. The first-order valence-corrected chi connectivity index (χ1v) is 11.9. The van der Waals surface area contributed by atoms with E-state index < -0.39 is 0 Å². The zero-order valence-electron chi connectivity index (χ0n) is 20.0. The van der Waals surface area contributed by atoms with Crippen LogP contribution in [-0.4, -0.2) is 20.7 Å². The van der Waals surface area contributed by atoms with Gasteiger partial charge in [-0.25, -0.2) is 4.98 Å². The molecule has 5 aromatic rings. The lowest BCUT2D eigenvalue weighted by atomic mass is 9.98. The molecule has 0 aliphatic carbocycles. The Kier molecular flexibility index (Phi) is 6.18. The van der Waals surface area contributed by atoms with Crippen LogP contribution >= 0.6 is 11.6 Å². The fourth-order valence-electron chi connectivity index (χ4n) is 4.46. The van der Waals surface area contributed by atoms with Crippen LogP contribution in [0.1, 0.15) is 18.2 Å². The maximum Gasteiger partial charge on any atom is 0.251 e. The Bertz CT molecular complexity index is 1580. The van der Waals surface area contributed by atoms with Gasteiger partial charge in [-0.3, -0.25) is 4.79 Å². The molecule has 3 aromatic carbocycles. The third kappa shape index (κ3) is 4.47. The Morgan fingerprint density at radius 1 is 0.914 bits per heavy atom.